The van der Waals surface area contributed by atoms with Crippen LogP contribution in [0.2, 0.25) is 0 Å². The van der Waals surface area contributed by atoms with E-state index in [0.29, 0.717) is 40.2 Å². The predicted molar refractivity (Wildman–Crippen MR) is 232 cm³/mol. The second kappa shape index (κ2) is 19.8. The van der Waals surface area contributed by atoms with Crippen LogP contribution in [0, 0.1) is 30.4 Å². The Kier molecular flexibility index (Phi) is 13.7. The third-order valence-electron chi connectivity index (χ3n) is 12.6. The van der Waals surface area contributed by atoms with Crippen LogP contribution in [0.3, 0.4) is 0 Å². The maximum Gasteiger partial charge on any atom is 0.310 e. The van der Waals surface area contributed by atoms with Crippen LogP contribution in [0.15, 0.2) is 84.7 Å². The number of ether oxygens (including phenoxy) is 6. The van der Waals surface area contributed by atoms with Crippen LogP contribution in [-0.4, -0.2) is 90.4 Å². The molecule has 1 saturated heterocycles. The fourth-order valence-corrected chi connectivity index (χ4v) is 9.47. The number of carbonyl (C=O) groups excluding carboxylic acids is 1. The smallest absolute Gasteiger partial charge is 0.310 e. The number of pyridine rings is 1. The van der Waals surface area contributed by atoms with E-state index >= 15 is 0 Å². The van der Waals surface area contributed by atoms with Crippen LogP contribution in [0.5, 0.6) is 28.7 Å². The maximum absolute atomic E-state index is 14.1. The summed E-state index contributed by atoms with van der Waals surface area (Å²) in [6.07, 6.45) is 10.4. The van der Waals surface area contributed by atoms with Crippen LogP contribution in [0.4, 0.5) is 8.78 Å². The van der Waals surface area contributed by atoms with Gasteiger partial charge in [-0.1, -0.05) is 25.3 Å². The summed E-state index contributed by atoms with van der Waals surface area (Å²) in [6, 6.07) is 13.7. The van der Waals surface area contributed by atoms with Crippen molar-refractivity contribution in [3.63, 3.8) is 0 Å². The van der Waals surface area contributed by atoms with Crippen LogP contribution < -0.4 is 29.2 Å². The highest BCUT2D eigenvalue weighted by Gasteiger charge is 2.52. The van der Waals surface area contributed by atoms with Crippen LogP contribution in [0.25, 0.3) is 0 Å². The van der Waals surface area contributed by atoms with Crippen LogP contribution >= 0.6 is 0 Å². The summed E-state index contributed by atoms with van der Waals surface area (Å²) in [5, 5.41) is 39.5. The summed E-state index contributed by atoms with van der Waals surface area (Å²) >= 11 is 0. The minimum Gasteiger partial charge on any atom is -0.493 e. The molecule has 1 saturated carbocycles. The highest BCUT2D eigenvalue weighted by Crippen LogP contribution is 2.55. The summed E-state index contributed by atoms with van der Waals surface area (Å²) in [7, 11) is 4.63. The zero-order valence-electron chi connectivity index (χ0n) is 37.3. The van der Waals surface area contributed by atoms with Gasteiger partial charge in [0, 0.05) is 35.4 Å². The van der Waals surface area contributed by atoms with Crippen molar-refractivity contribution in [3.8, 4) is 28.7 Å². The zero-order chi connectivity index (χ0) is 47.4. The first-order chi connectivity index (χ1) is 32.3. The lowest BCUT2D eigenvalue weighted by Crippen LogP contribution is -2.37. The first-order valence-electron chi connectivity index (χ1n) is 21.7. The quantitative estimate of drug-likeness (QED) is 0.113. The molecular formula is C47H51F2N7O11. The van der Waals surface area contributed by atoms with Gasteiger partial charge in [0.15, 0.2) is 23.0 Å². The molecule has 1 unspecified atom stereocenters. The summed E-state index contributed by atoms with van der Waals surface area (Å²) in [6.45, 7) is 2.04. The molecule has 20 heteroatoms. The van der Waals surface area contributed by atoms with Crippen LogP contribution in [0.1, 0.15) is 83.6 Å². The molecule has 0 bridgehead atoms. The maximum atomic E-state index is 14.1. The van der Waals surface area contributed by atoms with Gasteiger partial charge in [0.1, 0.15) is 42.5 Å². The minimum atomic E-state index is -1.70. The van der Waals surface area contributed by atoms with Crippen LogP contribution in [-0.2, 0) is 28.2 Å². The molecule has 0 radical (unpaired) electrons. The van der Waals surface area contributed by atoms with Crippen molar-refractivity contribution < 1.29 is 57.4 Å². The molecule has 354 valence electrons. The average molecular weight is 928 g/mol. The first kappa shape index (κ1) is 46.5. The number of fused-ring (bicyclic) bond motifs is 3. The van der Waals surface area contributed by atoms with Gasteiger partial charge in [0.05, 0.1) is 58.7 Å². The van der Waals surface area contributed by atoms with Gasteiger partial charge in [-0.05, 0) is 78.4 Å². The van der Waals surface area contributed by atoms with Crippen molar-refractivity contribution in [3.05, 3.63) is 135 Å². The van der Waals surface area contributed by atoms with E-state index in [2.05, 4.69) is 20.2 Å². The van der Waals surface area contributed by atoms with E-state index in [-0.39, 0.29) is 55.4 Å². The Morgan fingerprint density at radius 2 is 1.43 bits per heavy atom. The fourth-order valence-electron chi connectivity index (χ4n) is 9.47. The number of aromatic nitrogens is 7. The van der Waals surface area contributed by atoms with Crippen molar-refractivity contribution in [2.45, 2.75) is 75.7 Å². The molecule has 3 N–H and O–H groups in total. The monoisotopic (exact) mass is 927 g/mol. The van der Waals surface area contributed by atoms with Crippen molar-refractivity contribution in [2.75, 3.05) is 34.7 Å². The molecule has 6 aromatic rings. The van der Waals surface area contributed by atoms with Gasteiger partial charge in [0.25, 0.3) is 5.56 Å². The molecule has 18 nitrogen and oxygen atoms in total. The largest absolute Gasteiger partial charge is 0.493 e. The molecule has 0 spiro atoms. The summed E-state index contributed by atoms with van der Waals surface area (Å²) in [5.74, 6) is -0.215. The Labute approximate surface area is 383 Å². The Morgan fingerprint density at radius 1 is 0.806 bits per heavy atom. The van der Waals surface area contributed by atoms with E-state index < -0.39 is 29.3 Å². The molecule has 0 amide bonds. The third-order valence-corrected chi connectivity index (χ3v) is 12.6. The predicted octanol–water partition coefficient (Wildman–Crippen LogP) is 5.59. The third kappa shape index (κ3) is 9.62. The van der Waals surface area contributed by atoms with Gasteiger partial charge in [-0.3, -0.25) is 9.59 Å². The highest BCUT2D eigenvalue weighted by molar-refractivity contribution is 5.79. The van der Waals surface area contributed by atoms with E-state index in [4.69, 9.17) is 28.4 Å². The number of cyclic esters (lactones) is 1. The van der Waals surface area contributed by atoms with Gasteiger partial charge < -0.3 is 43.8 Å². The Morgan fingerprint density at radius 3 is 2.00 bits per heavy atom. The Bertz CT molecular complexity index is 2690. The van der Waals surface area contributed by atoms with E-state index in [1.54, 1.807) is 20.3 Å². The van der Waals surface area contributed by atoms with Gasteiger partial charge in [-0.25, -0.2) is 28.1 Å². The Balaban J connectivity index is 0.000000145. The van der Waals surface area contributed by atoms with Crippen molar-refractivity contribution >= 4 is 5.97 Å². The normalized spacial score (nSPS) is 19.5. The lowest BCUT2D eigenvalue weighted by atomic mass is 9.66. The summed E-state index contributed by atoms with van der Waals surface area (Å²) < 4.78 is 63.7. The number of methoxy groups -OCH3 is 3. The van der Waals surface area contributed by atoms with E-state index in [1.165, 1.54) is 73.2 Å². The topological polar surface area (TPSA) is 217 Å². The molecule has 3 aromatic heterocycles. The molecule has 4 aliphatic rings. The number of halogens is 2. The first-order valence-corrected chi connectivity index (χ1v) is 21.7. The molecule has 67 heavy (non-hydrogen) atoms. The number of aryl methyl sites for hydroxylation is 1. The van der Waals surface area contributed by atoms with Crippen molar-refractivity contribution in [1.29, 1.82) is 0 Å². The van der Waals surface area contributed by atoms with Gasteiger partial charge in [-0.2, -0.15) is 14.9 Å². The minimum absolute atomic E-state index is 0.0556. The van der Waals surface area contributed by atoms with E-state index in [9.17, 15) is 33.8 Å². The number of aliphatic hydroxyl groups excluding tert-OH is 1. The average Bonchev–Trinajstić information content (AvgIpc) is 4.18. The lowest BCUT2D eigenvalue weighted by molar-refractivity contribution is -0.141. The van der Waals surface area contributed by atoms with E-state index in [0.717, 1.165) is 52.1 Å². The molecular weight excluding hydrogens is 877 g/mol. The van der Waals surface area contributed by atoms with Gasteiger partial charge in [-0.15, -0.1) is 0 Å². The zero-order valence-corrected chi connectivity index (χ0v) is 37.3. The molecule has 5 heterocycles. The molecule has 3 aromatic carbocycles. The van der Waals surface area contributed by atoms with Crippen molar-refractivity contribution in [1.82, 2.24) is 34.3 Å². The standard InChI is InChI=1S/C22H22O8.C13H12F2N6O.C12H17NO2/c1-25-16-4-10(5-17(26-2)21(16)27-3)18-11-6-14-15(30-9-29-14)7-12(11)20(23)13-8-28-22(24)19(13)18;14-10-1-2-11(12(15)3-10)13(22,4-20-8-16-6-18-20)5-21-9-17-7-19-21;1-9-7-11(13(15)12(14)8-9)10-5-3-2-4-6-10/h4-7,13,18-20,23H,8-9H2,1-3H3;1-3,6-9,22H,4-5H2;7-8,10,15H,2-6H2,1H3/t13-,18+,19?,20-;;/m0../s1. The SMILES string of the molecule is COc1cc([C@@H]2c3cc4c(cc3[C@H](O)[C@H]3COC(=O)C23)OCO4)cc(OC)c1OC.Cc1cc(C2CCCCC2)n(O)c(=O)c1.OC(Cn1cncn1)(Cn1cncn1)c1ccc(F)cc1F. The Hall–Kier alpha value is -7.06. The lowest BCUT2D eigenvalue weighted by Gasteiger charge is -2.37. The highest BCUT2D eigenvalue weighted by atomic mass is 19.1. The number of esters is 1. The number of rotatable bonds is 10. The van der Waals surface area contributed by atoms with E-state index in [1.807, 2.05) is 31.2 Å². The molecule has 4 atom stereocenters. The number of aliphatic hydroxyl groups is 2. The summed E-state index contributed by atoms with van der Waals surface area (Å²) in [5.41, 5.74) is 1.96. The number of nitrogens with zero attached hydrogens (tertiary/aromatic N) is 7. The second-order valence-electron chi connectivity index (χ2n) is 16.8. The number of hydrogen-bond acceptors (Lipinski definition) is 15. The molecule has 10 rings (SSSR count). The number of benzene rings is 3. The van der Waals surface area contributed by atoms with Crippen molar-refractivity contribution in [2.24, 2.45) is 11.8 Å². The van der Waals surface area contributed by atoms with Gasteiger partial charge >= 0.3 is 5.97 Å². The molecule has 2 aliphatic heterocycles. The summed E-state index contributed by atoms with van der Waals surface area (Å²) in [4.78, 5) is 31.7. The molecule has 2 aliphatic carbocycles. The number of hydrogen-bond donors (Lipinski definition) is 3. The second-order valence-corrected chi connectivity index (χ2v) is 16.8. The number of carbonyl (C=O) groups is 1. The molecule has 2 fully saturated rings. The van der Waals surface area contributed by atoms with Gasteiger partial charge in [0.2, 0.25) is 12.5 Å². The fraction of sp³-hybridized carbons (Fsp3) is 0.404.